The number of aromatic nitrogens is 1. The van der Waals surface area contributed by atoms with Crippen molar-refractivity contribution in [2.45, 2.75) is 13.5 Å². The number of hydrogen-bond donors (Lipinski definition) is 1. The molecule has 27 heavy (non-hydrogen) atoms. The van der Waals surface area contributed by atoms with Gasteiger partial charge in [0.2, 0.25) is 5.91 Å². The lowest BCUT2D eigenvalue weighted by Crippen LogP contribution is -2.47. The minimum Gasteiger partial charge on any atom is -0.340 e. The van der Waals surface area contributed by atoms with Gasteiger partial charge in [0.1, 0.15) is 11.6 Å². The molecule has 1 aliphatic rings. The van der Waals surface area contributed by atoms with Crippen LogP contribution in [0.25, 0.3) is 0 Å². The third kappa shape index (κ3) is 4.81. The summed E-state index contributed by atoms with van der Waals surface area (Å²) in [6, 6.07) is 9.38. The molecule has 0 aliphatic carbocycles. The molecule has 0 bridgehead atoms. The molecule has 2 aromatic rings. The lowest BCUT2D eigenvalue weighted by Gasteiger charge is -2.33. The highest BCUT2D eigenvalue weighted by Gasteiger charge is 2.19. The number of piperazine rings is 1. The number of halogens is 2. The van der Waals surface area contributed by atoms with Gasteiger partial charge in [-0.15, -0.1) is 0 Å². The average molecular weight is 391 g/mol. The molecule has 8 heteroatoms. The van der Waals surface area contributed by atoms with E-state index in [2.05, 4.69) is 15.2 Å². The Hall–Kier alpha value is -2.51. The van der Waals surface area contributed by atoms with E-state index >= 15 is 0 Å². The molecule has 6 nitrogen and oxygen atoms in total. The molecule has 1 N–H and O–H groups in total. The predicted octanol–water partition coefficient (Wildman–Crippen LogP) is 2.79. The van der Waals surface area contributed by atoms with Crippen LogP contribution < -0.4 is 5.32 Å². The van der Waals surface area contributed by atoms with E-state index in [1.165, 1.54) is 18.2 Å². The fraction of sp³-hybridized carbons (Fsp3) is 0.316. The van der Waals surface area contributed by atoms with Gasteiger partial charge in [-0.2, -0.15) is 0 Å². The standard InChI is InChI=1S/C19H20ClFN4O2/c1-13(26)25-10-8-24(9-11-25)12-14-4-2-7-17(22-14)23-19(27)18-15(20)5-3-6-16(18)21/h2-7H,8-12H2,1H3,(H,22,23,27). The van der Waals surface area contributed by atoms with Crippen molar-refractivity contribution in [3.8, 4) is 0 Å². The van der Waals surface area contributed by atoms with E-state index < -0.39 is 11.7 Å². The molecule has 2 amide bonds. The molecule has 0 unspecified atom stereocenters. The Labute approximate surface area is 161 Å². The number of carbonyl (C=O) groups is 2. The monoisotopic (exact) mass is 390 g/mol. The van der Waals surface area contributed by atoms with Crippen molar-refractivity contribution < 1.29 is 14.0 Å². The van der Waals surface area contributed by atoms with Crippen molar-refractivity contribution in [1.82, 2.24) is 14.8 Å². The lowest BCUT2D eigenvalue weighted by atomic mass is 10.2. The fourth-order valence-corrected chi connectivity index (χ4v) is 3.23. The van der Waals surface area contributed by atoms with Crippen LogP contribution in [0, 0.1) is 5.82 Å². The van der Waals surface area contributed by atoms with Crippen molar-refractivity contribution in [3.05, 3.63) is 58.5 Å². The summed E-state index contributed by atoms with van der Waals surface area (Å²) in [5, 5.41) is 2.64. The number of anilines is 1. The fourth-order valence-electron chi connectivity index (χ4n) is 2.98. The zero-order valence-electron chi connectivity index (χ0n) is 14.9. The molecule has 2 heterocycles. The first-order chi connectivity index (χ1) is 12.9. The summed E-state index contributed by atoms with van der Waals surface area (Å²) in [6.07, 6.45) is 0. The molecule has 142 valence electrons. The summed E-state index contributed by atoms with van der Waals surface area (Å²) in [7, 11) is 0. The van der Waals surface area contributed by atoms with Gasteiger partial charge in [-0.05, 0) is 24.3 Å². The Morgan fingerprint density at radius 1 is 1.15 bits per heavy atom. The summed E-state index contributed by atoms with van der Waals surface area (Å²) in [6.45, 7) is 5.10. The van der Waals surface area contributed by atoms with Crippen LogP contribution in [0.15, 0.2) is 36.4 Å². The van der Waals surface area contributed by atoms with E-state index in [1.807, 2.05) is 11.0 Å². The van der Waals surface area contributed by atoms with Crippen LogP contribution >= 0.6 is 11.6 Å². The van der Waals surface area contributed by atoms with E-state index in [-0.39, 0.29) is 16.5 Å². The molecule has 1 aromatic heterocycles. The molecule has 0 atom stereocenters. The summed E-state index contributed by atoms with van der Waals surface area (Å²) in [4.78, 5) is 32.2. The number of amides is 2. The Morgan fingerprint density at radius 2 is 1.85 bits per heavy atom. The van der Waals surface area contributed by atoms with Gasteiger partial charge in [0.15, 0.2) is 0 Å². The van der Waals surface area contributed by atoms with Crippen LogP contribution in [0.5, 0.6) is 0 Å². The Balaban J connectivity index is 1.64. The number of hydrogen-bond acceptors (Lipinski definition) is 4. The zero-order valence-corrected chi connectivity index (χ0v) is 15.7. The minimum absolute atomic E-state index is 0.0481. The zero-order chi connectivity index (χ0) is 19.4. The molecule has 1 aromatic carbocycles. The normalized spacial score (nSPS) is 14.9. The average Bonchev–Trinajstić information content (AvgIpc) is 2.62. The second-order valence-corrected chi connectivity index (χ2v) is 6.75. The number of benzene rings is 1. The van der Waals surface area contributed by atoms with Gasteiger partial charge in [0.05, 0.1) is 16.3 Å². The molecule has 3 rings (SSSR count). The largest absolute Gasteiger partial charge is 0.340 e. The van der Waals surface area contributed by atoms with Gasteiger partial charge in [0, 0.05) is 39.6 Å². The van der Waals surface area contributed by atoms with E-state index in [1.54, 1.807) is 19.1 Å². The highest BCUT2D eigenvalue weighted by molar-refractivity contribution is 6.34. The van der Waals surface area contributed by atoms with Crippen molar-refractivity contribution in [2.75, 3.05) is 31.5 Å². The van der Waals surface area contributed by atoms with Crippen molar-refractivity contribution >= 4 is 29.2 Å². The topological polar surface area (TPSA) is 65.5 Å². The smallest absolute Gasteiger partial charge is 0.261 e. The molecular weight excluding hydrogens is 371 g/mol. The second-order valence-electron chi connectivity index (χ2n) is 6.35. The summed E-state index contributed by atoms with van der Waals surface area (Å²) in [5.74, 6) is -0.902. The molecule has 0 spiro atoms. The Bertz CT molecular complexity index is 833. The van der Waals surface area contributed by atoms with Crippen LogP contribution in [0.3, 0.4) is 0 Å². The summed E-state index contributed by atoms with van der Waals surface area (Å²) < 4.78 is 13.9. The lowest BCUT2D eigenvalue weighted by molar-refractivity contribution is -0.130. The summed E-state index contributed by atoms with van der Waals surface area (Å²) >= 11 is 5.93. The van der Waals surface area contributed by atoms with Crippen LogP contribution in [0.4, 0.5) is 10.2 Å². The van der Waals surface area contributed by atoms with Gasteiger partial charge in [-0.3, -0.25) is 14.5 Å². The number of rotatable bonds is 4. The van der Waals surface area contributed by atoms with Crippen LogP contribution in [0.2, 0.25) is 5.02 Å². The van der Waals surface area contributed by atoms with Crippen molar-refractivity contribution in [1.29, 1.82) is 0 Å². The molecule has 0 saturated carbocycles. The van der Waals surface area contributed by atoms with Crippen molar-refractivity contribution in [2.24, 2.45) is 0 Å². The molecule has 1 fully saturated rings. The number of nitrogens with zero attached hydrogens (tertiary/aromatic N) is 3. The van der Waals surface area contributed by atoms with E-state index in [4.69, 9.17) is 11.6 Å². The van der Waals surface area contributed by atoms with Crippen LogP contribution in [-0.4, -0.2) is 52.8 Å². The predicted molar refractivity (Wildman–Crippen MR) is 101 cm³/mol. The summed E-state index contributed by atoms with van der Waals surface area (Å²) in [5.41, 5.74) is 0.579. The number of carbonyl (C=O) groups excluding carboxylic acids is 2. The number of pyridine rings is 1. The molecule has 1 aliphatic heterocycles. The highest BCUT2D eigenvalue weighted by atomic mass is 35.5. The first kappa shape index (κ1) is 19.3. The maximum atomic E-state index is 13.9. The highest BCUT2D eigenvalue weighted by Crippen LogP contribution is 2.20. The minimum atomic E-state index is -0.681. The Kier molecular flexibility index (Phi) is 6.03. The third-order valence-electron chi connectivity index (χ3n) is 4.44. The Morgan fingerprint density at radius 3 is 2.52 bits per heavy atom. The van der Waals surface area contributed by atoms with Gasteiger partial charge >= 0.3 is 0 Å². The molecule has 1 saturated heterocycles. The van der Waals surface area contributed by atoms with E-state index in [0.717, 1.165) is 18.8 Å². The van der Waals surface area contributed by atoms with Gasteiger partial charge in [-0.25, -0.2) is 9.37 Å². The first-order valence-corrected chi connectivity index (χ1v) is 9.01. The van der Waals surface area contributed by atoms with E-state index in [9.17, 15) is 14.0 Å². The third-order valence-corrected chi connectivity index (χ3v) is 4.76. The molecular formula is C19H20ClFN4O2. The van der Waals surface area contributed by atoms with Gasteiger partial charge in [0.25, 0.3) is 5.91 Å². The first-order valence-electron chi connectivity index (χ1n) is 8.63. The second kappa shape index (κ2) is 8.45. The van der Waals surface area contributed by atoms with Gasteiger partial charge < -0.3 is 10.2 Å². The van der Waals surface area contributed by atoms with Gasteiger partial charge in [-0.1, -0.05) is 23.7 Å². The van der Waals surface area contributed by atoms with E-state index in [0.29, 0.717) is 25.5 Å². The maximum Gasteiger partial charge on any atom is 0.261 e. The quantitative estimate of drug-likeness (QED) is 0.871. The maximum absolute atomic E-state index is 13.9. The molecule has 0 radical (unpaired) electrons. The van der Waals surface area contributed by atoms with Crippen LogP contribution in [-0.2, 0) is 11.3 Å². The number of nitrogens with one attached hydrogen (secondary N) is 1. The van der Waals surface area contributed by atoms with Crippen LogP contribution in [0.1, 0.15) is 23.0 Å². The SMILES string of the molecule is CC(=O)N1CCN(Cc2cccc(NC(=O)c3c(F)cccc3Cl)n2)CC1. The van der Waals surface area contributed by atoms with Crippen molar-refractivity contribution in [3.63, 3.8) is 0 Å².